The molecule has 20 heavy (non-hydrogen) atoms. The summed E-state index contributed by atoms with van der Waals surface area (Å²) in [5.74, 6) is 1.32. The molecule has 1 aromatic heterocycles. The van der Waals surface area contributed by atoms with Crippen LogP contribution in [0.25, 0.3) is 11.0 Å². The number of methoxy groups -OCH3 is 1. The molecule has 4 heteroatoms. The van der Waals surface area contributed by atoms with Crippen molar-refractivity contribution in [1.82, 2.24) is 0 Å². The lowest BCUT2D eigenvalue weighted by molar-refractivity contribution is -0.137. The summed E-state index contributed by atoms with van der Waals surface area (Å²) in [6, 6.07) is 5.84. The van der Waals surface area contributed by atoms with E-state index in [1.165, 1.54) is 0 Å². The van der Waals surface area contributed by atoms with Crippen LogP contribution in [0.1, 0.15) is 36.5 Å². The van der Waals surface area contributed by atoms with E-state index < -0.39 is 5.97 Å². The highest BCUT2D eigenvalue weighted by molar-refractivity contribution is 5.88. The van der Waals surface area contributed by atoms with E-state index in [1.54, 1.807) is 7.11 Å². The zero-order chi connectivity index (χ0) is 14.3. The monoisotopic (exact) mass is 274 g/mol. The van der Waals surface area contributed by atoms with Crippen LogP contribution in [0.5, 0.6) is 5.75 Å². The fraction of sp³-hybridized carbons (Fsp3) is 0.438. The lowest BCUT2D eigenvalue weighted by Gasteiger charge is -2.16. The Kier molecular flexibility index (Phi) is 3.16. The summed E-state index contributed by atoms with van der Waals surface area (Å²) >= 11 is 0. The third-order valence-corrected chi connectivity index (χ3v) is 4.01. The van der Waals surface area contributed by atoms with Gasteiger partial charge in [-0.2, -0.15) is 0 Å². The summed E-state index contributed by atoms with van der Waals surface area (Å²) in [5.41, 5.74) is 1.79. The van der Waals surface area contributed by atoms with E-state index in [4.69, 9.17) is 14.3 Å². The molecule has 0 spiro atoms. The van der Waals surface area contributed by atoms with Crippen molar-refractivity contribution in [3.05, 3.63) is 29.5 Å². The molecule has 1 fully saturated rings. The van der Waals surface area contributed by atoms with Gasteiger partial charge in [-0.1, -0.05) is 6.07 Å². The van der Waals surface area contributed by atoms with Crippen molar-refractivity contribution in [2.24, 2.45) is 5.92 Å². The van der Waals surface area contributed by atoms with Crippen molar-refractivity contribution in [3.63, 3.8) is 0 Å². The molecule has 0 amide bonds. The smallest absolute Gasteiger partial charge is 0.303 e. The lowest BCUT2D eigenvalue weighted by Crippen LogP contribution is -2.08. The normalized spacial score (nSPS) is 16.3. The predicted molar refractivity (Wildman–Crippen MR) is 75.2 cm³/mol. The van der Waals surface area contributed by atoms with Gasteiger partial charge < -0.3 is 14.3 Å². The van der Waals surface area contributed by atoms with Gasteiger partial charge in [0.25, 0.3) is 0 Å². The van der Waals surface area contributed by atoms with Crippen LogP contribution in [0.3, 0.4) is 0 Å². The van der Waals surface area contributed by atoms with Crippen LogP contribution in [0.15, 0.2) is 22.6 Å². The topological polar surface area (TPSA) is 59.7 Å². The van der Waals surface area contributed by atoms with Gasteiger partial charge in [-0.3, -0.25) is 4.79 Å². The minimum absolute atomic E-state index is 0.0675. The van der Waals surface area contributed by atoms with E-state index in [9.17, 15) is 4.79 Å². The molecule has 1 aliphatic carbocycles. The Morgan fingerprint density at radius 1 is 1.50 bits per heavy atom. The molecule has 1 heterocycles. The summed E-state index contributed by atoms with van der Waals surface area (Å²) in [7, 11) is 1.61. The van der Waals surface area contributed by atoms with E-state index >= 15 is 0 Å². The molecule has 1 saturated carbocycles. The highest BCUT2D eigenvalue weighted by Crippen LogP contribution is 2.47. The van der Waals surface area contributed by atoms with Crippen molar-refractivity contribution in [2.75, 3.05) is 7.11 Å². The second kappa shape index (κ2) is 4.85. The van der Waals surface area contributed by atoms with Gasteiger partial charge in [-0.05, 0) is 49.3 Å². The Labute approximate surface area is 117 Å². The summed E-state index contributed by atoms with van der Waals surface area (Å²) in [4.78, 5) is 11.1. The number of hydrogen-bond donors (Lipinski definition) is 1. The minimum Gasteiger partial charge on any atom is -0.493 e. The van der Waals surface area contributed by atoms with Crippen LogP contribution < -0.4 is 4.74 Å². The van der Waals surface area contributed by atoms with Gasteiger partial charge in [-0.15, -0.1) is 0 Å². The average molecular weight is 274 g/mol. The highest BCUT2D eigenvalue weighted by atomic mass is 16.5. The van der Waals surface area contributed by atoms with E-state index in [0.717, 1.165) is 35.1 Å². The zero-order valence-electron chi connectivity index (χ0n) is 11.7. The first kappa shape index (κ1) is 13.0. The number of carboxylic acids is 1. The number of benzene rings is 1. The third kappa shape index (κ3) is 2.26. The molecular weight excluding hydrogens is 256 g/mol. The highest BCUT2D eigenvalue weighted by Gasteiger charge is 2.35. The molecule has 106 valence electrons. The first-order valence-electron chi connectivity index (χ1n) is 6.89. The summed E-state index contributed by atoms with van der Waals surface area (Å²) in [6.07, 6.45) is 2.40. The summed E-state index contributed by atoms with van der Waals surface area (Å²) < 4.78 is 11.0. The Hall–Kier alpha value is -1.97. The van der Waals surface area contributed by atoms with Crippen LogP contribution in [0, 0.1) is 12.8 Å². The van der Waals surface area contributed by atoms with Crippen LogP contribution >= 0.6 is 0 Å². The van der Waals surface area contributed by atoms with Gasteiger partial charge >= 0.3 is 5.97 Å². The molecule has 0 aliphatic heterocycles. The van der Waals surface area contributed by atoms with Crippen molar-refractivity contribution in [2.45, 2.75) is 32.1 Å². The molecule has 0 bridgehead atoms. The molecule has 1 unspecified atom stereocenters. The average Bonchev–Trinajstić information content (AvgIpc) is 3.16. The molecule has 0 radical (unpaired) electrons. The molecule has 1 N–H and O–H groups in total. The van der Waals surface area contributed by atoms with Gasteiger partial charge in [0.2, 0.25) is 0 Å². The summed E-state index contributed by atoms with van der Waals surface area (Å²) in [5, 5.41) is 10.1. The number of aryl methyl sites for hydroxylation is 1. The fourth-order valence-electron chi connectivity index (χ4n) is 2.94. The van der Waals surface area contributed by atoms with Crippen molar-refractivity contribution in [3.8, 4) is 5.75 Å². The molecule has 4 nitrogen and oxygen atoms in total. The Morgan fingerprint density at radius 2 is 2.25 bits per heavy atom. The van der Waals surface area contributed by atoms with Gasteiger partial charge in [0.1, 0.15) is 5.76 Å². The predicted octanol–water partition coefficient (Wildman–Crippen LogP) is 3.72. The Morgan fingerprint density at radius 3 is 2.85 bits per heavy atom. The Bertz CT molecular complexity index is 652. The molecule has 1 aromatic carbocycles. The number of carbonyl (C=O) groups is 1. The second-order valence-corrected chi connectivity index (χ2v) is 5.50. The maximum absolute atomic E-state index is 11.1. The number of furan rings is 1. The molecule has 3 rings (SSSR count). The Balaban J connectivity index is 2.12. The lowest BCUT2D eigenvalue weighted by atomic mass is 9.88. The zero-order valence-corrected chi connectivity index (χ0v) is 11.7. The molecule has 1 atom stereocenters. The number of ether oxygens (including phenoxy) is 1. The van der Waals surface area contributed by atoms with Crippen LogP contribution in [0.4, 0.5) is 0 Å². The first-order chi connectivity index (χ1) is 9.60. The van der Waals surface area contributed by atoms with Gasteiger partial charge in [-0.25, -0.2) is 0 Å². The van der Waals surface area contributed by atoms with Crippen LogP contribution in [0.2, 0.25) is 0 Å². The van der Waals surface area contributed by atoms with Gasteiger partial charge in [0, 0.05) is 5.39 Å². The van der Waals surface area contributed by atoms with E-state index in [-0.39, 0.29) is 12.3 Å². The summed E-state index contributed by atoms with van der Waals surface area (Å²) in [6.45, 7) is 1.90. The van der Waals surface area contributed by atoms with Crippen LogP contribution in [-0.2, 0) is 4.79 Å². The number of aliphatic carboxylic acids is 1. The maximum atomic E-state index is 11.1. The van der Waals surface area contributed by atoms with Crippen LogP contribution in [-0.4, -0.2) is 18.2 Å². The van der Waals surface area contributed by atoms with E-state index in [1.807, 2.05) is 25.1 Å². The van der Waals surface area contributed by atoms with Gasteiger partial charge in [0.05, 0.1) is 13.5 Å². The van der Waals surface area contributed by atoms with Crippen molar-refractivity contribution < 1.29 is 19.1 Å². The number of rotatable bonds is 5. The van der Waals surface area contributed by atoms with Crippen molar-refractivity contribution in [1.29, 1.82) is 0 Å². The largest absolute Gasteiger partial charge is 0.493 e. The standard InChI is InChI=1S/C16H18O4/c1-9-7-13-11(5-6-14(19-2)16(13)20-9)12(8-15(17)18)10-3-4-10/h5-7,10,12H,3-4,8H2,1-2H3,(H,17,18). The van der Waals surface area contributed by atoms with E-state index in [2.05, 4.69) is 0 Å². The molecule has 1 aliphatic rings. The quantitative estimate of drug-likeness (QED) is 0.902. The number of hydrogen-bond acceptors (Lipinski definition) is 3. The third-order valence-electron chi connectivity index (χ3n) is 4.01. The fourth-order valence-corrected chi connectivity index (χ4v) is 2.94. The maximum Gasteiger partial charge on any atom is 0.303 e. The van der Waals surface area contributed by atoms with E-state index in [0.29, 0.717) is 11.7 Å². The van der Waals surface area contributed by atoms with Crippen molar-refractivity contribution >= 4 is 16.9 Å². The number of carboxylic acid groups (broad SMARTS) is 1. The molecule has 2 aromatic rings. The minimum atomic E-state index is -0.744. The van der Waals surface area contributed by atoms with Gasteiger partial charge in [0.15, 0.2) is 11.3 Å². The first-order valence-corrected chi connectivity index (χ1v) is 6.89. The SMILES string of the molecule is COc1ccc(C(CC(=O)O)C2CC2)c2cc(C)oc12. The second-order valence-electron chi connectivity index (χ2n) is 5.50. The number of fused-ring (bicyclic) bond motifs is 1. The molecular formula is C16H18O4. The molecule has 0 saturated heterocycles.